The molecule has 2 aliphatic rings. The molecule has 8 bridgehead atoms. The maximum Gasteiger partial charge on any atom is 2.00 e. The van der Waals surface area contributed by atoms with Crippen LogP contribution in [0.1, 0.15) is 102 Å². The molecule has 0 saturated heterocycles. The molecule has 7 aromatic heterocycles. The van der Waals surface area contributed by atoms with E-state index in [4.69, 9.17) is 19.9 Å². The van der Waals surface area contributed by atoms with Gasteiger partial charge in [-0.15, -0.1) is 22.1 Å². The summed E-state index contributed by atoms with van der Waals surface area (Å²) in [6.07, 6.45) is 35.3. The summed E-state index contributed by atoms with van der Waals surface area (Å²) in [5.41, 5.74) is 15.3. The molecule has 2 aliphatic heterocycles. The van der Waals surface area contributed by atoms with Gasteiger partial charge in [0.25, 0.3) is 0 Å². The molecule has 9 heteroatoms. The number of unbranched alkanes of at least 4 members (excludes halogenated alkanes) is 4. The van der Waals surface area contributed by atoms with Crippen molar-refractivity contribution < 1.29 is 37.7 Å². The molecule has 0 spiro atoms. The molecule has 65 heavy (non-hydrogen) atoms. The van der Waals surface area contributed by atoms with Crippen molar-refractivity contribution in [1.82, 2.24) is 19.9 Å². The molecule has 322 valence electrons. The van der Waals surface area contributed by atoms with E-state index in [2.05, 4.69) is 193 Å². The number of rotatable bonds is 16. The van der Waals surface area contributed by atoms with Crippen LogP contribution in [-0.4, -0.2) is 9.97 Å². The van der Waals surface area contributed by atoms with Gasteiger partial charge >= 0.3 is 19.5 Å². The van der Waals surface area contributed by atoms with E-state index in [-0.39, 0.29) is 19.5 Å². The summed E-state index contributed by atoms with van der Waals surface area (Å²) >= 11 is 0. The van der Waals surface area contributed by atoms with Crippen molar-refractivity contribution in [3.63, 3.8) is 0 Å². The van der Waals surface area contributed by atoms with Gasteiger partial charge in [0.2, 0.25) is 0 Å². The summed E-state index contributed by atoms with van der Waals surface area (Å²) in [4.78, 5) is 22.2. The Labute approximate surface area is 396 Å². The second-order valence-electron chi connectivity index (χ2n) is 17.1. The minimum atomic E-state index is 0. The summed E-state index contributed by atoms with van der Waals surface area (Å²) in [6, 6.07) is 26.0. The molecule has 0 aromatic carbocycles. The van der Waals surface area contributed by atoms with Gasteiger partial charge in [0.05, 0.1) is 22.8 Å². The summed E-state index contributed by atoms with van der Waals surface area (Å²) in [6.45, 7) is 12.7. The van der Waals surface area contributed by atoms with Gasteiger partial charge in [-0.05, 0) is 70.8 Å². The van der Waals surface area contributed by atoms with Crippen LogP contribution in [-0.2, 0) is 45.7 Å². The van der Waals surface area contributed by atoms with E-state index in [1.165, 1.54) is 0 Å². The van der Waals surface area contributed by atoms with E-state index in [0.717, 1.165) is 167 Å². The summed E-state index contributed by atoms with van der Waals surface area (Å²) in [7, 11) is 0. The number of nitrogens with zero attached hydrogens (tertiary/aromatic N) is 8. The molecule has 9 rings (SSSR count). The van der Waals surface area contributed by atoms with Crippen LogP contribution in [0.3, 0.4) is 0 Å². The number of hydrogen-bond acceptors (Lipinski definition) is 2. The predicted octanol–water partition coefficient (Wildman–Crippen LogP) is 10.9. The van der Waals surface area contributed by atoms with Crippen molar-refractivity contribution in [2.75, 3.05) is 0 Å². The molecule has 8 nitrogen and oxygen atoms in total. The van der Waals surface area contributed by atoms with Gasteiger partial charge in [-0.2, -0.15) is 0 Å². The minimum absolute atomic E-state index is 0. The van der Waals surface area contributed by atoms with Crippen LogP contribution in [0.25, 0.3) is 90.9 Å². The Bertz CT molecular complexity index is 2630. The van der Waals surface area contributed by atoms with Gasteiger partial charge in [-0.3, -0.25) is 0 Å². The van der Waals surface area contributed by atoms with E-state index < -0.39 is 0 Å². The smallest absolute Gasteiger partial charge is 0.657 e. The van der Waals surface area contributed by atoms with Gasteiger partial charge in [0, 0.05) is 72.2 Å². The van der Waals surface area contributed by atoms with Crippen molar-refractivity contribution in [3.05, 3.63) is 145 Å². The molecular weight excluding hydrogens is 850 g/mol. The fourth-order valence-electron chi connectivity index (χ4n) is 8.87. The zero-order valence-corrected chi connectivity index (χ0v) is 41.6. The molecule has 0 fully saturated rings. The molecular formula is C56H60N8Zn+4. The summed E-state index contributed by atoms with van der Waals surface area (Å²) < 4.78 is 9.18. The van der Waals surface area contributed by atoms with Crippen LogP contribution in [0.15, 0.2) is 122 Å². The first kappa shape index (κ1) is 45.4. The average Bonchev–Trinajstić information content (AvgIpc) is 4.18. The standard InChI is InChI=1S/C56H60N8.Zn/c1-5-9-29-61-33-13-17-41(37-61)53-45-21-23-47(57-45)54(42-18-14-34-62(38-42)30-10-6-2)49-25-27-51(59-49)56(44-20-16-36-64(40-44)32-12-8-4)52-28-26-50(60-52)55(48-24-22-46(53)58-48)43-19-15-35-63(39-43)31-11-7-3;/h13-28,33-40H,5-12,29-32H2,1-4H3;/q2*+2. The maximum absolute atomic E-state index is 5.55. The zero-order chi connectivity index (χ0) is 43.8. The van der Waals surface area contributed by atoms with Crippen molar-refractivity contribution in [2.45, 2.75) is 105 Å². The first-order valence-corrected chi connectivity index (χ1v) is 23.6. The molecule has 0 atom stereocenters. The van der Waals surface area contributed by atoms with Crippen LogP contribution in [0.2, 0.25) is 0 Å². The Morgan fingerprint density at radius 1 is 0.369 bits per heavy atom. The molecule has 0 N–H and O–H groups in total. The van der Waals surface area contributed by atoms with Crippen molar-refractivity contribution in [3.8, 4) is 44.5 Å². The third-order valence-corrected chi connectivity index (χ3v) is 12.3. The molecule has 0 amide bonds. The first-order chi connectivity index (χ1) is 31.5. The number of aromatic nitrogens is 8. The Hall–Kier alpha value is -6.18. The van der Waals surface area contributed by atoms with E-state index in [9.17, 15) is 0 Å². The van der Waals surface area contributed by atoms with Crippen molar-refractivity contribution >= 4 is 46.4 Å². The number of fused-ring (bicyclic) bond motifs is 8. The van der Waals surface area contributed by atoms with Gasteiger partial charge in [-0.25, -0.2) is 28.2 Å². The number of hydrogen-bond donors (Lipinski definition) is 0. The maximum atomic E-state index is 5.55. The van der Waals surface area contributed by atoms with Crippen molar-refractivity contribution in [1.29, 1.82) is 0 Å². The van der Waals surface area contributed by atoms with Crippen molar-refractivity contribution in [2.24, 2.45) is 0 Å². The quantitative estimate of drug-likeness (QED) is 0.0715. The number of pyridine rings is 4. The molecule has 0 saturated carbocycles. The molecule has 9 heterocycles. The van der Waals surface area contributed by atoms with E-state index >= 15 is 0 Å². The van der Waals surface area contributed by atoms with E-state index in [1.807, 2.05) is 0 Å². The van der Waals surface area contributed by atoms with Gasteiger partial charge < -0.3 is 9.97 Å². The van der Waals surface area contributed by atoms with Crippen LogP contribution in [0.4, 0.5) is 0 Å². The van der Waals surface area contributed by atoms with Gasteiger partial charge in [0.15, 0.2) is 49.6 Å². The van der Waals surface area contributed by atoms with Crippen LogP contribution in [0, 0.1) is 0 Å². The van der Waals surface area contributed by atoms with E-state index in [1.54, 1.807) is 0 Å². The Balaban J connectivity index is 0.00000576. The van der Waals surface area contributed by atoms with Crippen LogP contribution >= 0.6 is 0 Å². The molecule has 0 unspecified atom stereocenters. The second kappa shape index (κ2) is 21.2. The largest absolute Gasteiger partial charge is 2.00 e. The SMILES string of the molecule is CCCC[n+]1cccc(-c2c3nc(c(-c4ccc[n+](CCCC)c4)c4ccc([n-]4)c(-c4ccc[n+](CCCC)c4)c4nc(c(-c5ccc[n+](CCCC)c5)c5ccc2[n-]5)C=C4)C=C3)c1.[Zn+2]. The second-order valence-corrected chi connectivity index (χ2v) is 17.1. The topological polar surface area (TPSA) is 69.5 Å². The Morgan fingerprint density at radius 3 is 0.846 bits per heavy atom. The van der Waals surface area contributed by atoms with Gasteiger partial charge in [-0.1, -0.05) is 77.6 Å². The fraction of sp³-hybridized carbons (Fsp3) is 0.286. The third-order valence-electron chi connectivity index (χ3n) is 12.3. The zero-order valence-electron chi connectivity index (χ0n) is 38.6. The predicted molar refractivity (Wildman–Crippen MR) is 259 cm³/mol. The summed E-state index contributed by atoms with van der Waals surface area (Å²) in [5.74, 6) is 0. The van der Waals surface area contributed by atoms with Crippen LogP contribution < -0.4 is 28.2 Å². The monoisotopic (exact) mass is 908 g/mol. The third kappa shape index (κ3) is 10.1. The normalized spacial score (nSPS) is 11.9. The van der Waals surface area contributed by atoms with E-state index in [0.29, 0.717) is 0 Å². The van der Waals surface area contributed by atoms with Gasteiger partial charge in [0.1, 0.15) is 26.2 Å². The Morgan fingerprint density at radius 2 is 0.615 bits per heavy atom. The molecule has 7 aromatic rings. The minimum Gasteiger partial charge on any atom is -0.657 e. The Kier molecular flexibility index (Phi) is 14.8. The first-order valence-electron chi connectivity index (χ1n) is 23.6. The number of aryl methyl sites for hydroxylation is 4. The average molecular weight is 911 g/mol. The molecule has 0 aliphatic carbocycles. The summed E-state index contributed by atoms with van der Waals surface area (Å²) in [5, 5.41) is 0. The molecule has 0 radical (unpaired) electrons. The fourth-order valence-corrected chi connectivity index (χ4v) is 8.87. The van der Waals surface area contributed by atoms with Crippen LogP contribution in [0.5, 0.6) is 0 Å².